The quantitative estimate of drug-likeness (QED) is 0.557. The lowest BCUT2D eigenvalue weighted by Crippen LogP contribution is -2.36. The number of carbonyl (C=O) groups is 1. The highest BCUT2D eigenvalue weighted by Gasteiger charge is 2.31. The van der Waals surface area contributed by atoms with Crippen LogP contribution in [0.2, 0.25) is 0 Å². The molecule has 0 unspecified atom stereocenters. The number of hydrogen-bond acceptors (Lipinski definition) is 6. The van der Waals surface area contributed by atoms with Gasteiger partial charge in [0.05, 0.1) is 28.6 Å². The Labute approximate surface area is 200 Å². The summed E-state index contributed by atoms with van der Waals surface area (Å²) in [6.45, 7) is 5.91. The van der Waals surface area contributed by atoms with Crippen molar-refractivity contribution in [1.82, 2.24) is 24.6 Å². The molecule has 0 spiro atoms. The van der Waals surface area contributed by atoms with Crippen molar-refractivity contribution in [2.24, 2.45) is 0 Å². The fourth-order valence-corrected chi connectivity index (χ4v) is 4.18. The highest BCUT2D eigenvalue weighted by Crippen LogP contribution is 2.30. The number of anilines is 1. The molecular weight excluding hydrogens is 459 g/mol. The number of nitrogens with zero attached hydrogens (tertiary/aromatic N) is 7. The van der Waals surface area contributed by atoms with E-state index >= 15 is 0 Å². The van der Waals surface area contributed by atoms with Gasteiger partial charge in [-0.15, -0.1) is 0 Å². The van der Waals surface area contributed by atoms with E-state index in [-0.39, 0.29) is 17.6 Å². The van der Waals surface area contributed by atoms with Crippen LogP contribution in [0.25, 0.3) is 5.82 Å². The second-order valence-corrected chi connectivity index (χ2v) is 8.53. The Balaban J connectivity index is 1.57. The van der Waals surface area contributed by atoms with Gasteiger partial charge in [-0.25, -0.2) is 14.6 Å². The molecule has 4 heterocycles. The van der Waals surface area contributed by atoms with Gasteiger partial charge in [0.1, 0.15) is 11.9 Å². The van der Waals surface area contributed by atoms with Gasteiger partial charge in [-0.2, -0.15) is 23.5 Å². The Morgan fingerprint density at radius 1 is 1.09 bits per heavy atom. The maximum Gasteiger partial charge on any atom is 0.417 e. The zero-order valence-electron chi connectivity index (χ0n) is 19.3. The smallest absolute Gasteiger partial charge is 0.354 e. The van der Waals surface area contributed by atoms with E-state index in [2.05, 4.69) is 21.1 Å². The average molecular weight is 483 g/mol. The SMILES string of the molecule is CC(C)c1c(C(=O)N2CCCN(c3ncccc3C#N)CC2)cnn1-c1ccc(C(F)(F)F)cn1. The number of carbonyl (C=O) groups excluding carboxylic acids is 1. The highest BCUT2D eigenvalue weighted by molar-refractivity contribution is 5.95. The van der Waals surface area contributed by atoms with Crippen molar-refractivity contribution in [3.05, 3.63) is 65.2 Å². The van der Waals surface area contributed by atoms with Crippen LogP contribution in [-0.4, -0.2) is 56.7 Å². The molecule has 1 fully saturated rings. The van der Waals surface area contributed by atoms with E-state index in [1.807, 2.05) is 18.7 Å². The number of amides is 1. The number of aromatic nitrogens is 4. The number of nitriles is 1. The van der Waals surface area contributed by atoms with Crippen LogP contribution in [0.1, 0.15) is 53.4 Å². The summed E-state index contributed by atoms with van der Waals surface area (Å²) in [5.74, 6) is 0.487. The lowest BCUT2D eigenvalue weighted by molar-refractivity contribution is -0.137. The molecule has 4 rings (SSSR count). The summed E-state index contributed by atoms with van der Waals surface area (Å²) in [5, 5.41) is 13.7. The third-order valence-electron chi connectivity index (χ3n) is 5.87. The van der Waals surface area contributed by atoms with E-state index in [9.17, 15) is 23.2 Å². The largest absolute Gasteiger partial charge is 0.417 e. The Morgan fingerprint density at radius 3 is 2.54 bits per heavy atom. The summed E-state index contributed by atoms with van der Waals surface area (Å²) in [5.41, 5.74) is 0.614. The van der Waals surface area contributed by atoms with Crippen molar-refractivity contribution in [2.75, 3.05) is 31.1 Å². The van der Waals surface area contributed by atoms with Crippen molar-refractivity contribution in [1.29, 1.82) is 5.26 Å². The summed E-state index contributed by atoms with van der Waals surface area (Å²) in [7, 11) is 0. The van der Waals surface area contributed by atoms with Gasteiger partial charge >= 0.3 is 6.18 Å². The maximum atomic E-state index is 13.5. The third-order valence-corrected chi connectivity index (χ3v) is 5.87. The Morgan fingerprint density at radius 2 is 1.89 bits per heavy atom. The van der Waals surface area contributed by atoms with Crippen LogP contribution in [0.4, 0.5) is 19.0 Å². The first kappa shape index (κ1) is 24.2. The predicted molar refractivity (Wildman–Crippen MR) is 122 cm³/mol. The standard InChI is InChI=1S/C24H24F3N7O/c1-16(2)21-19(15-31-34(21)20-7-6-18(14-30-20)24(25,26)27)23(35)33-10-4-9-32(11-12-33)22-17(13-28)5-3-8-29-22/h3,5-8,14-16H,4,9-12H2,1-2H3. The second-order valence-electron chi connectivity index (χ2n) is 8.53. The highest BCUT2D eigenvalue weighted by atomic mass is 19.4. The second kappa shape index (κ2) is 9.74. The van der Waals surface area contributed by atoms with Crippen LogP contribution in [-0.2, 0) is 6.18 Å². The number of halogens is 3. The molecule has 1 amide bonds. The molecule has 3 aromatic heterocycles. The number of pyridine rings is 2. The molecule has 0 aromatic carbocycles. The number of alkyl halides is 3. The van der Waals surface area contributed by atoms with Crippen molar-refractivity contribution in [3.63, 3.8) is 0 Å². The van der Waals surface area contributed by atoms with Crippen LogP contribution in [0.5, 0.6) is 0 Å². The lowest BCUT2D eigenvalue weighted by atomic mass is 10.0. The lowest BCUT2D eigenvalue weighted by Gasteiger charge is -2.23. The Hall–Kier alpha value is -3.94. The summed E-state index contributed by atoms with van der Waals surface area (Å²) >= 11 is 0. The Kier molecular flexibility index (Phi) is 6.73. The van der Waals surface area contributed by atoms with Crippen molar-refractivity contribution in [3.8, 4) is 11.9 Å². The average Bonchev–Trinajstić information content (AvgIpc) is 3.15. The molecule has 0 atom stereocenters. The van der Waals surface area contributed by atoms with Crippen molar-refractivity contribution in [2.45, 2.75) is 32.4 Å². The van der Waals surface area contributed by atoms with Crippen molar-refractivity contribution >= 4 is 11.7 Å². The fraction of sp³-hybridized carbons (Fsp3) is 0.375. The van der Waals surface area contributed by atoms with Gasteiger partial charge in [-0.1, -0.05) is 13.8 Å². The van der Waals surface area contributed by atoms with E-state index in [1.165, 1.54) is 16.9 Å². The number of rotatable bonds is 4. The van der Waals surface area contributed by atoms with Gasteiger partial charge in [0, 0.05) is 38.6 Å². The normalized spacial score (nSPS) is 14.7. The zero-order chi connectivity index (χ0) is 25.2. The van der Waals surface area contributed by atoms with Gasteiger partial charge in [0.15, 0.2) is 5.82 Å². The molecule has 35 heavy (non-hydrogen) atoms. The first-order valence-electron chi connectivity index (χ1n) is 11.2. The topological polar surface area (TPSA) is 90.9 Å². The first-order chi connectivity index (χ1) is 16.7. The van der Waals surface area contributed by atoms with Crippen LogP contribution < -0.4 is 4.90 Å². The van der Waals surface area contributed by atoms with Gasteiger partial charge in [-0.05, 0) is 36.6 Å². The fourth-order valence-electron chi connectivity index (χ4n) is 4.18. The van der Waals surface area contributed by atoms with Gasteiger partial charge in [0.25, 0.3) is 5.91 Å². The first-order valence-corrected chi connectivity index (χ1v) is 11.2. The molecule has 0 radical (unpaired) electrons. The summed E-state index contributed by atoms with van der Waals surface area (Å²) in [6, 6.07) is 7.79. The molecule has 0 bridgehead atoms. The molecule has 1 aliphatic rings. The molecular formula is C24H24F3N7O. The molecule has 182 valence electrons. The van der Waals surface area contributed by atoms with E-state index in [0.29, 0.717) is 55.2 Å². The summed E-state index contributed by atoms with van der Waals surface area (Å²) in [4.78, 5) is 25.5. The number of hydrogen-bond donors (Lipinski definition) is 0. The van der Waals surface area contributed by atoms with E-state index in [1.54, 1.807) is 23.2 Å². The minimum Gasteiger partial charge on any atom is -0.354 e. The molecule has 3 aromatic rings. The van der Waals surface area contributed by atoms with E-state index in [4.69, 9.17) is 0 Å². The van der Waals surface area contributed by atoms with E-state index < -0.39 is 11.7 Å². The minimum atomic E-state index is -4.48. The minimum absolute atomic E-state index is 0.129. The van der Waals surface area contributed by atoms with Gasteiger partial charge < -0.3 is 9.80 Å². The van der Waals surface area contributed by atoms with E-state index in [0.717, 1.165) is 12.3 Å². The summed E-state index contributed by atoms with van der Waals surface area (Å²) in [6.07, 6.45) is 0.0638. The Bertz CT molecular complexity index is 1250. The molecule has 0 N–H and O–H groups in total. The van der Waals surface area contributed by atoms with Crippen LogP contribution in [0, 0.1) is 11.3 Å². The van der Waals surface area contributed by atoms with Crippen LogP contribution in [0.3, 0.4) is 0 Å². The van der Waals surface area contributed by atoms with Crippen LogP contribution >= 0.6 is 0 Å². The maximum absolute atomic E-state index is 13.5. The molecule has 11 heteroatoms. The van der Waals surface area contributed by atoms with Crippen LogP contribution in [0.15, 0.2) is 42.9 Å². The van der Waals surface area contributed by atoms with Gasteiger partial charge in [-0.3, -0.25) is 4.79 Å². The zero-order valence-corrected chi connectivity index (χ0v) is 19.3. The monoisotopic (exact) mass is 483 g/mol. The molecule has 0 saturated carbocycles. The molecule has 8 nitrogen and oxygen atoms in total. The molecule has 1 saturated heterocycles. The van der Waals surface area contributed by atoms with Gasteiger partial charge in [0.2, 0.25) is 0 Å². The predicted octanol–water partition coefficient (Wildman–Crippen LogP) is 4.03. The molecule has 0 aliphatic carbocycles. The van der Waals surface area contributed by atoms with Crippen molar-refractivity contribution < 1.29 is 18.0 Å². The summed E-state index contributed by atoms with van der Waals surface area (Å²) < 4.78 is 40.2. The molecule has 1 aliphatic heterocycles. The third kappa shape index (κ3) is 4.96.